The summed E-state index contributed by atoms with van der Waals surface area (Å²) in [6, 6.07) is 16.3. The predicted molar refractivity (Wildman–Crippen MR) is 121 cm³/mol. The fraction of sp³-hybridized carbons (Fsp3) is 0.480. The lowest BCUT2D eigenvalue weighted by Crippen LogP contribution is -2.24. The molecule has 0 bridgehead atoms. The van der Waals surface area contributed by atoms with Crippen LogP contribution >= 0.6 is 0 Å². The number of amides is 1. The number of carbonyl (C=O) groups excluding carboxylic acids is 1. The Labute approximate surface area is 184 Å². The summed E-state index contributed by atoms with van der Waals surface area (Å²) < 4.78 is 17.7. The van der Waals surface area contributed by atoms with E-state index in [9.17, 15) is 4.79 Å². The molecule has 2 aliphatic rings. The van der Waals surface area contributed by atoms with E-state index in [4.69, 9.17) is 14.2 Å². The second kappa shape index (κ2) is 10.1. The van der Waals surface area contributed by atoms with Crippen LogP contribution in [-0.4, -0.2) is 44.4 Å². The molecule has 0 aromatic heterocycles. The van der Waals surface area contributed by atoms with E-state index >= 15 is 0 Å². The lowest BCUT2D eigenvalue weighted by atomic mass is 10.1. The molecule has 4 rings (SSSR count). The van der Waals surface area contributed by atoms with Crippen LogP contribution in [0.25, 0.3) is 0 Å². The Morgan fingerprint density at radius 3 is 2.55 bits per heavy atom. The molecule has 2 aromatic rings. The molecule has 2 saturated heterocycles. The van der Waals surface area contributed by atoms with Crippen molar-refractivity contribution in [2.45, 2.75) is 51.4 Å². The van der Waals surface area contributed by atoms with Crippen molar-refractivity contribution in [3.8, 4) is 11.5 Å². The van der Waals surface area contributed by atoms with E-state index < -0.39 is 0 Å². The number of hydrogen-bond acceptors (Lipinski definition) is 5. The summed E-state index contributed by atoms with van der Waals surface area (Å²) in [5, 5.41) is 2.90. The van der Waals surface area contributed by atoms with Gasteiger partial charge in [0, 0.05) is 32.2 Å². The van der Waals surface area contributed by atoms with Gasteiger partial charge in [0.1, 0.15) is 24.2 Å². The Kier molecular flexibility index (Phi) is 6.97. The van der Waals surface area contributed by atoms with Gasteiger partial charge in [0.2, 0.25) is 5.91 Å². The molecular formula is C25H32N2O4. The van der Waals surface area contributed by atoms with Crippen molar-refractivity contribution < 1.29 is 19.0 Å². The van der Waals surface area contributed by atoms with Crippen LogP contribution in [0.15, 0.2) is 48.5 Å². The molecule has 1 N–H and O–H groups in total. The van der Waals surface area contributed by atoms with Gasteiger partial charge in [0.15, 0.2) is 0 Å². The van der Waals surface area contributed by atoms with Crippen molar-refractivity contribution in [2.75, 3.05) is 31.2 Å². The van der Waals surface area contributed by atoms with Crippen LogP contribution in [0.3, 0.4) is 0 Å². The first-order valence-electron chi connectivity index (χ1n) is 11.2. The van der Waals surface area contributed by atoms with Crippen molar-refractivity contribution in [1.82, 2.24) is 5.32 Å². The highest BCUT2D eigenvalue weighted by Crippen LogP contribution is 2.26. The fourth-order valence-corrected chi connectivity index (χ4v) is 4.19. The monoisotopic (exact) mass is 424 g/mol. The maximum Gasteiger partial charge on any atom is 0.217 e. The van der Waals surface area contributed by atoms with Gasteiger partial charge in [-0.05, 0) is 61.7 Å². The molecule has 31 heavy (non-hydrogen) atoms. The first-order valence-corrected chi connectivity index (χ1v) is 11.2. The summed E-state index contributed by atoms with van der Waals surface area (Å²) in [5.41, 5.74) is 2.26. The molecule has 6 nitrogen and oxygen atoms in total. The van der Waals surface area contributed by atoms with Crippen LogP contribution in [0.5, 0.6) is 11.5 Å². The molecular weight excluding hydrogens is 392 g/mol. The third-order valence-electron chi connectivity index (χ3n) is 5.91. The Morgan fingerprint density at radius 1 is 1.13 bits per heavy atom. The first-order chi connectivity index (χ1) is 15.1. The van der Waals surface area contributed by atoms with Crippen molar-refractivity contribution in [1.29, 1.82) is 0 Å². The normalized spacial score (nSPS) is 21.7. The number of nitrogens with one attached hydrogen (secondary N) is 1. The minimum Gasteiger partial charge on any atom is -0.491 e. The number of benzene rings is 2. The summed E-state index contributed by atoms with van der Waals surface area (Å²) in [4.78, 5) is 13.6. The van der Waals surface area contributed by atoms with E-state index in [-0.39, 0.29) is 24.2 Å². The van der Waals surface area contributed by atoms with E-state index in [0.29, 0.717) is 6.61 Å². The van der Waals surface area contributed by atoms with E-state index in [0.717, 1.165) is 56.0 Å². The van der Waals surface area contributed by atoms with Gasteiger partial charge in [-0.15, -0.1) is 0 Å². The van der Waals surface area contributed by atoms with Crippen molar-refractivity contribution in [2.24, 2.45) is 0 Å². The maximum absolute atomic E-state index is 11.2. The summed E-state index contributed by atoms with van der Waals surface area (Å²) in [5.74, 6) is 1.73. The minimum atomic E-state index is -0.0266. The molecule has 1 amide bonds. The molecule has 2 unspecified atom stereocenters. The SMILES string of the molecule is CC(=O)N[C@@H](C)c1ccc(OC2CCN(c3ccc(OCC4CCCO4)cc3)C2)cc1. The molecule has 166 valence electrons. The Morgan fingerprint density at radius 2 is 1.87 bits per heavy atom. The van der Waals surface area contributed by atoms with Gasteiger partial charge in [-0.25, -0.2) is 0 Å². The standard InChI is InChI=1S/C25H32N2O4/c1-18(26-19(2)28)20-5-9-23(10-6-20)31-24-13-14-27(16-24)21-7-11-22(12-8-21)30-17-25-4-3-15-29-25/h5-12,18,24-25H,3-4,13-17H2,1-2H3,(H,26,28)/t18-,24?,25?/m0/s1. The Balaban J connectivity index is 1.25. The van der Waals surface area contributed by atoms with Gasteiger partial charge < -0.3 is 24.4 Å². The number of carbonyl (C=O) groups is 1. The maximum atomic E-state index is 11.2. The van der Waals surface area contributed by atoms with Gasteiger partial charge in [-0.2, -0.15) is 0 Å². The van der Waals surface area contributed by atoms with E-state index in [1.54, 1.807) is 0 Å². The van der Waals surface area contributed by atoms with E-state index in [2.05, 4.69) is 22.3 Å². The minimum absolute atomic E-state index is 0.00818. The average molecular weight is 425 g/mol. The smallest absolute Gasteiger partial charge is 0.217 e. The van der Waals surface area contributed by atoms with Crippen molar-refractivity contribution >= 4 is 11.6 Å². The third-order valence-corrected chi connectivity index (χ3v) is 5.91. The molecule has 3 atom stereocenters. The zero-order chi connectivity index (χ0) is 21.6. The largest absolute Gasteiger partial charge is 0.491 e. The lowest BCUT2D eigenvalue weighted by Gasteiger charge is -2.20. The van der Waals surface area contributed by atoms with E-state index in [1.807, 2.05) is 43.3 Å². The third kappa shape index (κ3) is 5.91. The van der Waals surface area contributed by atoms with Gasteiger partial charge in [0.05, 0.1) is 18.7 Å². The van der Waals surface area contributed by atoms with Crippen LogP contribution in [0, 0.1) is 0 Å². The quantitative estimate of drug-likeness (QED) is 0.691. The number of anilines is 1. The number of ether oxygens (including phenoxy) is 3. The van der Waals surface area contributed by atoms with Crippen molar-refractivity contribution in [3.05, 3.63) is 54.1 Å². The summed E-state index contributed by atoms with van der Waals surface area (Å²) in [6.07, 6.45) is 3.60. The van der Waals surface area contributed by atoms with Crippen LogP contribution in [0.2, 0.25) is 0 Å². The van der Waals surface area contributed by atoms with Gasteiger partial charge in [0.25, 0.3) is 0 Å². The number of nitrogens with zero attached hydrogens (tertiary/aromatic N) is 1. The molecule has 0 spiro atoms. The molecule has 2 aliphatic heterocycles. The number of rotatable bonds is 8. The highest BCUT2D eigenvalue weighted by Gasteiger charge is 2.24. The van der Waals surface area contributed by atoms with Crippen LogP contribution < -0.4 is 19.7 Å². The molecule has 0 radical (unpaired) electrons. The summed E-state index contributed by atoms with van der Waals surface area (Å²) >= 11 is 0. The summed E-state index contributed by atoms with van der Waals surface area (Å²) in [7, 11) is 0. The molecule has 0 aliphatic carbocycles. The first kappa shape index (κ1) is 21.5. The fourth-order valence-electron chi connectivity index (χ4n) is 4.19. The van der Waals surface area contributed by atoms with Crippen LogP contribution in [0.4, 0.5) is 5.69 Å². The van der Waals surface area contributed by atoms with Crippen LogP contribution in [-0.2, 0) is 9.53 Å². The average Bonchev–Trinajstić information content (AvgIpc) is 3.45. The zero-order valence-electron chi connectivity index (χ0n) is 18.4. The molecule has 2 fully saturated rings. The van der Waals surface area contributed by atoms with Gasteiger partial charge >= 0.3 is 0 Å². The summed E-state index contributed by atoms with van der Waals surface area (Å²) in [6.45, 7) is 6.82. The van der Waals surface area contributed by atoms with E-state index in [1.165, 1.54) is 12.6 Å². The highest BCUT2D eigenvalue weighted by molar-refractivity contribution is 5.73. The van der Waals surface area contributed by atoms with Gasteiger partial charge in [-0.1, -0.05) is 12.1 Å². The second-order valence-corrected chi connectivity index (χ2v) is 8.41. The number of hydrogen-bond donors (Lipinski definition) is 1. The zero-order valence-corrected chi connectivity index (χ0v) is 18.4. The molecule has 6 heteroatoms. The predicted octanol–water partition coefficient (Wildman–Crippen LogP) is 4.10. The van der Waals surface area contributed by atoms with Gasteiger partial charge in [-0.3, -0.25) is 4.79 Å². The Hall–Kier alpha value is -2.73. The molecule has 2 aromatic carbocycles. The lowest BCUT2D eigenvalue weighted by molar-refractivity contribution is -0.119. The second-order valence-electron chi connectivity index (χ2n) is 8.41. The highest BCUT2D eigenvalue weighted by atomic mass is 16.5. The topological polar surface area (TPSA) is 60.0 Å². The van der Waals surface area contributed by atoms with Crippen LogP contribution in [0.1, 0.15) is 44.7 Å². The van der Waals surface area contributed by atoms with Crippen molar-refractivity contribution in [3.63, 3.8) is 0 Å². The molecule has 2 heterocycles. The Bertz CT molecular complexity index is 847. The molecule has 0 saturated carbocycles.